The van der Waals surface area contributed by atoms with Crippen LogP contribution in [0.25, 0.3) is 0 Å². The Morgan fingerprint density at radius 1 is 1.06 bits per heavy atom. The SMILES string of the molecule is CCc1cccc(CNC[C@@H](O)[C@H](Cc2cc(F)cc(F)c2)NC(=O)c2ccsc2)c1. The van der Waals surface area contributed by atoms with Gasteiger partial charge in [-0.2, -0.15) is 11.3 Å². The third-order valence-electron chi connectivity index (χ3n) is 5.02. The van der Waals surface area contributed by atoms with Crippen LogP contribution in [0.4, 0.5) is 8.78 Å². The van der Waals surface area contributed by atoms with E-state index in [0.717, 1.165) is 18.1 Å². The van der Waals surface area contributed by atoms with Gasteiger partial charge in [-0.15, -0.1) is 0 Å². The van der Waals surface area contributed by atoms with Gasteiger partial charge in [0.05, 0.1) is 12.1 Å². The fourth-order valence-electron chi connectivity index (χ4n) is 3.38. The van der Waals surface area contributed by atoms with Crippen molar-refractivity contribution in [1.82, 2.24) is 10.6 Å². The van der Waals surface area contributed by atoms with E-state index in [1.165, 1.54) is 29.0 Å². The number of carbonyl (C=O) groups is 1. The quantitative estimate of drug-likeness (QED) is 0.442. The van der Waals surface area contributed by atoms with Gasteiger partial charge in [-0.25, -0.2) is 8.78 Å². The molecule has 3 aromatic rings. The minimum Gasteiger partial charge on any atom is -0.390 e. The van der Waals surface area contributed by atoms with E-state index in [9.17, 15) is 18.7 Å². The van der Waals surface area contributed by atoms with E-state index in [-0.39, 0.29) is 18.9 Å². The predicted octanol–water partition coefficient (Wildman–Crippen LogP) is 4.08. The van der Waals surface area contributed by atoms with Gasteiger partial charge >= 0.3 is 0 Å². The number of carbonyl (C=O) groups excluding carboxylic acids is 1. The third kappa shape index (κ3) is 6.95. The van der Waals surface area contributed by atoms with Crippen molar-refractivity contribution in [3.63, 3.8) is 0 Å². The summed E-state index contributed by atoms with van der Waals surface area (Å²) in [5, 5.41) is 20.3. The molecular weight excluding hydrogens is 418 g/mol. The number of amides is 1. The van der Waals surface area contributed by atoms with Crippen molar-refractivity contribution in [2.75, 3.05) is 6.54 Å². The highest BCUT2D eigenvalue weighted by Gasteiger charge is 2.23. The number of thiophene rings is 1. The molecule has 0 unspecified atom stereocenters. The van der Waals surface area contributed by atoms with Crippen molar-refractivity contribution in [1.29, 1.82) is 0 Å². The molecule has 3 rings (SSSR count). The van der Waals surface area contributed by atoms with Gasteiger partial charge in [-0.05, 0) is 53.1 Å². The average molecular weight is 445 g/mol. The number of benzene rings is 2. The van der Waals surface area contributed by atoms with Crippen molar-refractivity contribution >= 4 is 17.2 Å². The van der Waals surface area contributed by atoms with Gasteiger partial charge in [0.1, 0.15) is 11.6 Å². The van der Waals surface area contributed by atoms with Crippen molar-refractivity contribution < 1.29 is 18.7 Å². The van der Waals surface area contributed by atoms with Crippen LogP contribution >= 0.6 is 11.3 Å². The van der Waals surface area contributed by atoms with E-state index in [1.807, 2.05) is 12.1 Å². The van der Waals surface area contributed by atoms with Crippen molar-refractivity contribution in [3.8, 4) is 0 Å². The summed E-state index contributed by atoms with van der Waals surface area (Å²) in [6.07, 6.45) is 0.0825. The smallest absolute Gasteiger partial charge is 0.252 e. The van der Waals surface area contributed by atoms with Crippen LogP contribution in [0.5, 0.6) is 0 Å². The van der Waals surface area contributed by atoms with Crippen LogP contribution in [0.15, 0.2) is 59.3 Å². The Labute approximate surface area is 184 Å². The minimum atomic E-state index is -0.955. The molecule has 1 amide bonds. The predicted molar refractivity (Wildman–Crippen MR) is 119 cm³/mol. The second-order valence-corrected chi connectivity index (χ2v) is 8.23. The van der Waals surface area contributed by atoms with Gasteiger partial charge in [-0.1, -0.05) is 31.2 Å². The lowest BCUT2D eigenvalue weighted by Crippen LogP contribution is -2.48. The molecule has 0 saturated heterocycles. The molecule has 1 heterocycles. The molecule has 0 aliphatic carbocycles. The lowest BCUT2D eigenvalue weighted by molar-refractivity contribution is 0.0830. The Morgan fingerprint density at radius 2 is 1.81 bits per heavy atom. The fourth-order valence-corrected chi connectivity index (χ4v) is 4.01. The monoisotopic (exact) mass is 444 g/mol. The molecule has 0 radical (unpaired) electrons. The number of aliphatic hydroxyl groups excluding tert-OH is 1. The summed E-state index contributed by atoms with van der Waals surface area (Å²) >= 11 is 1.39. The number of aryl methyl sites for hydroxylation is 1. The Balaban J connectivity index is 1.67. The highest BCUT2D eigenvalue weighted by molar-refractivity contribution is 7.08. The number of halogens is 2. The molecule has 2 atom stereocenters. The Morgan fingerprint density at radius 3 is 2.48 bits per heavy atom. The fraction of sp³-hybridized carbons (Fsp3) is 0.292. The second kappa shape index (κ2) is 11.1. The molecule has 164 valence electrons. The van der Waals surface area contributed by atoms with Crippen LogP contribution in [0.1, 0.15) is 34.0 Å². The van der Waals surface area contributed by atoms with Crippen molar-refractivity contribution in [2.45, 2.75) is 38.5 Å². The highest BCUT2D eigenvalue weighted by atomic mass is 32.1. The van der Waals surface area contributed by atoms with Crippen LogP contribution < -0.4 is 10.6 Å². The van der Waals surface area contributed by atoms with Crippen LogP contribution in [-0.4, -0.2) is 29.7 Å². The molecule has 7 heteroatoms. The first-order valence-corrected chi connectivity index (χ1v) is 11.1. The molecule has 3 N–H and O–H groups in total. The van der Waals surface area contributed by atoms with E-state index >= 15 is 0 Å². The van der Waals surface area contributed by atoms with E-state index in [1.54, 1.807) is 16.8 Å². The Hall–Kier alpha value is -2.61. The normalized spacial score (nSPS) is 13.0. The zero-order valence-corrected chi connectivity index (χ0v) is 18.1. The largest absolute Gasteiger partial charge is 0.390 e. The van der Waals surface area contributed by atoms with E-state index < -0.39 is 23.8 Å². The molecule has 0 aliphatic heterocycles. The Kier molecular flexibility index (Phi) is 8.28. The summed E-state index contributed by atoms with van der Waals surface area (Å²) in [4.78, 5) is 12.5. The second-order valence-electron chi connectivity index (χ2n) is 7.45. The van der Waals surface area contributed by atoms with Crippen LogP contribution in [-0.2, 0) is 19.4 Å². The highest BCUT2D eigenvalue weighted by Crippen LogP contribution is 2.14. The molecular formula is C24H26F2N2O2S. The van der Waals surface area contributed by atoms with E-state index in [2.05, 4.69) is 29.7 Å². The number of aliphatic hydroxyl groups is 1. The molecule has 4 nitrogen and oxygen atoms in total. The van der Waals surface area contributed by atoms with Gasteiger partial charge in [-0.3, -0.25) is 4.79 Å². The Bertz CT molecular complexity index is 975. The zero-order valence-electron chi connectivity index (χ0n) is 17.3. The zero-order chi connectivity index (χ0) is 22.2. The maximum Gasteiger partial charge on any atom is 0.252 e. The topological polar surface area (TPSA) is 61.4 Å². The number of nitrogens with one attached hydrogen (secondary N) is 2. The van der Waals surface area contributed by atoms with Gasteiger partial charge in [0.2, 0.25) is 0 Å². The van der Waals surface area contributed by atoms with Crippen LogP contribution in [0, 0.1) is 11.6 Å². The van der Waals surface area contributed by atoms with Gasteiger partial charge in [0, 0.05) is 30.1 Å². The van der Waals surface area contributed by atoms with E-state index in [4.69, 9.17) is 0 Å². The third-order valence-corrected chi connectivity index (χ3v) is 5.71. The number of hydrogen-bond donors (Lipinski definition) is 3. The van der Waals surface area contributed by atoms with Crippen molar-refractivity contribution in [3.05, 3.63) is 93.2 Å². The molecule has 0 saturated carbocycles. The first-order chi connectivity index (χ1) is 14.9. The van der Waals surface area contributed by atoms with Crippen molar-refractivity contribution in [2.24, 2.45) is 0 Å². The molecule has 0 spiro atoms. The number of rotatable bonds is 10. The summed E-state index contributed by atoms with van der Waals surface area (Å²) in [5.74, 6) is -1.72. The van der Waals surface area contributed by atoms with E-state index in [0.29, 0.717) is 17.7 Å². The molecule has 1 aromatic heterocycles. The standard InChI is InChI=1S/C24H26F2N2O2S/c1-2-16-4-3-5-17(8-16)13-27-14-23(29)22(28-24(30)19-6-7-31-15-19)11-18-9-20(25)12-21(26)10-18/h3-10,12,15,22-23,27,29H,2,11,13-14H2,1H3,(H,28,30)/t22-,23+/m0/s1. The van der Waals surface area contributed by atoms with Crippen LogP contribution in [0.3, 0.4) is 0 Å². The maximum absolute atomic E-state index is 13.6. The molecule has 31 heavy (non-hydrogen) atoms. The lowest BCUT2D eigenvalue weighted by Gasteiger charge is -2.25. The molecule has 0 fully saturated rings. The minimum absolute atomic E-state index is 0.0960. The molecule has 2 aromatic carbocycles. The molecule has 0 bridgehead atoms. The molecule has 0 aliphatic rings. The number of hydrogen-bond acceptors (Lipinski definition) is 4. The van der Waals surface area contributed by atoms with Gasteiger partial charge in [0.25, 0.3) is 5.91 Å². The summed E-state index contributed by atoms with van der Waals surface area (Å²) < 4.78 is 27.2. The van der Waals surface area contributed by atoms with Crippen LogP contribution in [0.2, 0.25) is 0 Å². The maximum atomic E-state index is 13.6. The summed E-state index contributed by atoms with van der Waals surface area (Å²) in [7, 11) is 0. The first kappa shape index (κ1) is 23.1. The average Bonchev–Trinajstić information content (AvgIpc) is 3.28. The first-order valence-electron chi connectivity index (χ1n) is 10.2. The van der Waals surface area contributed by atoms with Gasteiger partial charge in [0.15, 0.2) is 0 Å². The lowest BCUT2D eigenvalue weighted by atomic mass is 10.00. The summed E-state index contributed by atoms with van der Waals surface area (Å²) in [5.41, 5.74) is 3.17. The summed E-state index contributed by atoms with van der Waals surface area (Å²) in [6.45, 7) is 2.86. The summed E-state index contributed by atoms with van der Waals surface area (Å²) in [6, 6.07) is 12.3. The van der Waals surface area contributed by atoms with Gasteiger partial charge < -0.3 is 15.7 Å².